The number of nitrogens with zero attached hydrogens (tertiary/aromatic N) is 4. The highest BCUT2D eigenvalue weighted by molar-refractivity contribution is 6.01. The van der Waals surface area contributed by atoms with Gasteiger partial charge in [-0.25, -0.2) is 5.10 Å². The summed E-state index contributed by atoms with van der Waals surface area (Å²) in [5.74, 6) is 0.278. The van der Waals surface area contributed by atoms with Gasteiger partial charge in [0.1, 0.15) is 12.1 Å². The second kappa shape index (κ2) is 6.89. The number of nitriles is 1. The van der Waals surface area contributed by atoms with Crippen molar-refractivity contribution in [3.63, 3.8) is 0 Å². The van der Waals surface area contributed by atoms with Crippen LogP contribution in [0.15, 0.2) is 53.3 Å². The van der Waals surface area contributed by atoms with E-state index in [4.69, 9.17) is 5.73 Å². The number of aromatic amines is 1. The maximum Gasteiger partial charge on any atom is 0.231 e. The number of H-pyrrole nitrogens is 1. The monoisotopic (exact) mass is 388 g/mol. The Morgan fingerprint density at radius 2 is 2.03 bits per heavy atom. The van der Waals surface area contributed by atoms with Crippen LogP contribution in [0.1, 0.15) is 50.7 Å². The van der Waals surface area contributed by atoms with Crippen molar-refractivity contribution in [1.29, 1.82) is 5.26 Å². The number of hydrogen-bond donors (Lipinski definition) is 2. The fraction of sp³-hybridized carbons (Fsp3) is 0.364. The van der Waals surface area contributed by atoms with Crippen LogP contribution in [0.25, 0.3) is 0 Å². The van der Waals surface area contributed by atoms with Gasteiger partial charge in [-0.3, -0.25) is 9.69 Å². The number of allylic oxidation sites excluding steroid dienone is 3. The van der Waals surface area contributed by atoms with Crippen LogP contribution in [-0.2, 0) is 11.2 Å². The van der Waals surface area contributed by atoms with Crippen LogP contribution in [0.4, 0.5) is 5.95 Å². The molecule has 0 spiro atoms. The lowest BCUT2D eigenvalue weighted by atomic mass is 9.68. The van der Waals surface area contributed by atoms with E-state index in [1.807, 2.05) is 24.3 Å². The standard InChI is InChI=1S/C22H24N6O/c1-4-13-5-7-14(8-6-13)18-15(11-23)20(24)28(21-25-12-26-27-21)16-9-22(2,3)10-17(29)19(16)18/h5-8,12,18H,4,9-10,24H2,1-3H3,(H,25,26,27)/t18-/m1/s1. The van der Waals surface area contributed by atoms with E-state index in [1.54, 1.807) is 4.90 Å². The molecule has 2 aliphatic rings. The number of benzene rings is 1. The smallest absolute Gasteiger partial charge is 0.231 e. The normalized spacial score (nSPS) is 21.2. The van der Waals surface area contributed by atoms with Crippen molar-refractivity contribution < 1.29 is 4.79 Å². The molecule has 1 atom stereocenters. The molecule has 0 radical (unpaired) electrons. The van der Waals surface area contributed by atoms with Gasteiger partial charge in [-0.1, -0.05) is 45.0 Å². The molecule has 0 saturated carbocycles. The van der Waals surface area contributed by atoms with Crippen LogP contribution in [0.3, 0.4) is 0 Å². The molecule has 7 nitrogen and oxygen atoms in total. The van der Waals surface area contributed by atoms with Crippen molar-refractivity contribution in [2.45, 2.75) is 46.0 Å². The van der Waals surface area contributed by atoms with Crippen LogP contribution >= 0.6 is 0 Å². The zero-order valence-corrected chi connectivity index (χ0v) is 16.9. The van der Waals surface area contributed by atoms with Gasteiger partial charge >= 0.3 is 0 Å². The van der Waals surface area contributed by atoms with Gasteiger partial charge in [0.2, 0.25) is 5.95 Å². The number of carbonyl (C=O) groups excluding carboxylic acids is 1. The van der Waals surface area contributed by atoms with E-state index < -0.39 is 5.92 Å². The highest BCUT2D eigenvalue weighted by Gasteiger charge is 2.45. The van der Waals surface area contributed by atoms with E-state index in [-0.39, 0.29) is 17.0 Å². The van der Waals surface area contributed by atoms with Gasteiger partial charge < -0.3 is 5.73 Å². The lowest BCUT2D eigenvalue weighted by molar-refractivity contribution is -0.118. The molecule has 2 heterocycles. The van der Waals surface area contributed by atoms with Gasteiger partial charge in [-0.2, -0.15) is 15.3 Å². The molecule has 1 aliphatic carbocycles. The molecule has 0 saturated heterocycles. The van der Waals surface area contributed by atoms with Crippen LogP contribution in [0.2, 0.25) is 0 Å². The number of aryl methyl sites for hydroxylation is 1. The average Bonchev–Trinajstić information content (AvgIpc) is 3.20. The summed E-state index contributed by atoms with van der Waals surface area (Å²) < 4.78 is 0. The van der Waals surface area contributed by atoms with Crippen LogP contribution in [0.5, 0.6) is 0 Å². The number of hydrogen-bond acceptors (Lipinski definition) is 6. The molecular formula is C22H24N6O. The minimum Gasteiger partial charge on any atom is -0.384 e. The summed E-state index contributed by atoms with van der Waals surface area (Å²) in [5.41, 5.74) is 10.2. The fourth-order valence-electron chi connectivity index (χ4n) is 4.34. The number of aromatic nitrogens is 3. The number of rotatable bonds is 3. The number of ketones is 1. The average molecular weight is 388 g/mol. The van der Waals surface area contributed by atoms with E-state index in [0.29, 0.717) is 29.9 Å². The van der Waals surface area contributed by atoms with Gasteiger partial charge in [-0.05, 0) is 29.4 Å². The Labute approximate surface area is 169 Å². The summed E-state index contributed by atoms with van der Waals surface area (Å²) >= 11 is 0. The molecule has 0 fully saturated rings. The Bertz CT molecular complexity index is 1050. The van der Waals surface area contributed by atoms with Crippen LogP contribution in [0, 0.1) is 16.7 Å². The minimum atomic E-state index is -0.469. The number of carbonyl (C=O) groups is 1. The molecule has 1 aromatic carbocycles. The molecular weight excluding hydrogens is 364 g/mol. The van der Waals surface area contributed by atoms with Gasteiger partial charge in [-0.15, -0.1) is 0 Å². The number of Topliss-reactive ketones (excluding diaryl/α,β-unsaturated/α-hetero) is 1. The zero-order valence-electron chi connectivity index (χ0n) is 16.9. The Kier molecular flexibility index (Phi) is 4.50. The van der Waals surface area contributed by atoms with E-state index >= 15 is 0 Å². The molecule has 1 aliphatic heterocycles. The Morgan fingerprint density at radius 1 is 1.31 bits per heavy atom. The van der Waals surface area contributed by atoms with E-state index in [9.17, 15) is 10.1 Å². The molecule has 148 valence electrons. The molecule has 4 rings (SSSR count). The van der Waals surface area contributed by atoms with E-state index in [2.05, 4.69) is 42.0 Å². The molecule has 0 bridgehead atoms. The topological polar surface area (TPSA) is 112 Å². The third-order valence-corrected chi connectivity index (χ3v) is 5.72. The highest BCUT2D eigenvalue weighted by Crippen LogP contribution is 2.49. The SMILES string of the molecule is CCc1ccc([C@@H]2C(C#N)=C(N)N(c3ncn[nH]3)C3=C2C(=O)CC(C)(C)C3)cc1. The maximum absolute atomic E-state index is 13.3. The summed E-state index contributed by atoms with van der Waals surface area (Å²) in [4.78, 5) is 19.3. The third-order valence-electron chi connectivity index (χ3n) is 5.72. The van der Waals surface area contributed by atoms with Crippen molar-refractivity contribution in [3.05, 3.63) is 64.4 Å². The van der Waals surface area contributed by atoms with Crippen molar-refractivity contribution in [3.8, 4) is 6.07 Å². The predicted molar refractivity (Wildman–Crippen MR) is 109 cm³/mol. The Morgan fingerprint density at radius 3 is 2.62 bits per heavy atom. The molecule has 3 N–H and O–H groups in total. The molecule has 7 heteroatoms. The molecule has 29 heavy (non-hydrogen) atoms. The lowest BCUT2D eigenvalue weighted by Crippen LogP contribution is -2.42. The van der Waals surface area contributed by atoms with Gasteiger partial charge in [0.15, 0.2) is 5.78 Å². The summed E-state index contributed by atoms with van der Waals surface area (Å²) in [6.45, 7) is 6.23. The quantitative estimate of drug-likeness (QED) is 0.834. The highest BCUT2D eigenvalue weighted by atomic mass is 16.1. The van der Waals surface area contributed by atoms with Crippen molar-refractivity contribution in [2.24, 2.45) is 11.1 Å². The summed E-state index contributed by atoms with van der Waals surface area (Å²) in [5, 5.41) is 16.7. The molecule has 1 aromatic heterocycles. The first-order valence-corrected chi connectivity index (χ1v) is 9.76. The Hall–Kier alpha value is -3.40. The second-order valence-electron chi connectivity index (χ2n) is 8.38. The maximum atomic E-state index is 13.3. The number of nitrogens with one attached hydrogen (secondary N) is 1. The van der Waals surface area contributed by atoms with E-state index in [1.165, 1.54) is 11.9 Å². The number of anilines is 1. The van der Waals surface area contributed by atoms with Crippen molar-refractivity contribution in [2.75, 3.05) is 4.90 Å². The van der Waals surface area contributed by atoms with Gasteiger partial charge in [0.25, 0.3) is 0 Å². The zero-order chi connectivity index (χ0) is 20.8. The van der Waals surface area contributed by atoms with Crippen molar-refractivity contribution in [1.82, 2.24) is 15.2 Å². The molecule has 0 amide bonds. The predicted octanol–water partition coefficient (Wildman–Crippen LogP) is 3.31. The van der Waals surface area contributed by atoms with Gasteiger partial charge in [0, 0.05) is 17.7 Å². The first-order chi connectivity index (χ1) is 13.9. The third kappa shape index (κ3) is 3.11. The second-order valence-corrected chi connectivity index (χ2v) is 8.38. The summed E-state index contributed by atoms with van der Waals surface area (Å²) in [7, 11) is 0. The molecule has 0 unspecified atom stereocenters. The fourth-order valence-corrected chi connectivity index (χ4v) is 4.34. The number of nitrogens with two attached hydrogens (primary N) is 1. The van der Waals surface area contributed by atoms with Crippen molar-refractivity contribution >= 4 is 11.7 Å². The first-order valence-electron chi connectivity index (χ1n) is 9.76. The minimum absolute atomic E-state index is 0.0468. The molecule has 2 aromatic rings. The van der Waals surface area contributed by atoms with Crippen LogP contribution in [-0.4, -0.2) is 21.0 Å². The van der Waals surface area contributed by atoms with E-state index in [0.717, 1.165) is 17.7 Å². The summed E-state index contributed by atoms with van der Waals surface area (Å²) in [6.07, 6.45) is 3.39. The van der Waals surface area contributed by atoms with Gasteiger partial charge in [0.05, 0.1) is 17.6 Å². The summed E-state index contributed by atoms with van der Waals surface area (Å²) in [6, 6.07) is 10.3. The largest absolute Gasteiger partial charge is 0.384 e. The Balaban J connectivity index is 1.96. The van der Waals surface area contributed by atoms with Crippen LogP contribution < -0.4 is 10.6 Å². The first kappa shape index (κ1) is 18.9. The lowest BCUT2D eigenvalue weighted by Gasteiger charge is -2.42.